The molecule has 2 fully saturated rings. The molecular formula is C30H39ClFN3O4. The first-order chi connectivity index (χ1) is 18.6. The van der Waals surface area contributed by atoms with Gasteiger partial charge in [0.25, 0.3) is 0 Å². The van der Waals surface area contributed by atoms with Crippen molar-refractivity contribution in [3.63, 3.8) is 0 Å². The van der Waals surface area contributed by atoms with Crippen molar-refractivity contribution in [2.45, 2.75) is 63.5 Å². The van der Waals surface area contributed by atoms with Crippen LogP contribution in [0.2, 0.25) is 5.02 Å². The van der Waals surface area contributed by atoms with Crippen LogP contribution in [0.15, 0.2) is 36.4 Å². The Hall–Kier alpha value is -2.68. The number of nitrogens with two attached hydrogens (primary N) is 1. The van der Waals surface area contributed by atoms with Crippen LogP contribution in [0, 0.1) is 24.6 Å². The molecule has 9 heteroatoms. The van der Waals surface area contributed by atoms with Gasteiger partial charge in [0, 0.05) is 41.6 Å². The number of nitrogens with zero attached hydrogens (tertiary/aromatic N) is 1. The number of carbonyl (C=O) groups excluding carboxylic acids is 2. The predicted octanol–water partition coefficient (Wildman–Crippen LogP) is 5.14. The van der Waals surface area contributed by atoms with Crippen molar-refractivity contribution >= 4 is 23.6 Å². The number of likely N-dealkylation sites (tertiary alicyclic amines) is 1. The normalized spacial score (nSPS) is 22.9. The Labute approximate surface area is 234 Å². The second kappa shape index (κ2) is 12.7. The fraction of sp³-hybridized carbons (Fsp3) is 0.533. The molecule has 4 atom stereocenters. The molecule has 1 saturated carbocycles. The molecule has 2 amide bonds. The van der Waals surface area contributed by atoms with E-state index in [1.54, 1.807) is 12.1 Å². The summed E-state index contributed by atoms with van der Waals surface area (Å²) in [6.45, 7) is 2.92. The van der Waals surface area contributed by atoms with Crippen molar-refractivity contribution < 1.29 is 23.8 Å². The third-order valence-corrected chi connectivity index (χ3v) is 8.67. The summed E-state index contributed by atoms with van der Waals surface area (Å²) in [5.41, 5.74) is 6.19. The summed E-state index contributed by atoms with van der Waals surface area (Å²) >= 11 is 6.72. The number of benzene rings is 2. The molecule has 212 valence electrons. The quantitative estimate of drug-likeness (QED) is 0.369. The lowest BCUT2D eigenvalue weighted by molar-refractivity contribution is -0.141. The first kappa shape index (κ1) is 29.3. The van der Waals surface area contributed by atoms with Gasteiger partial charge in [0.05, 0.1) is 12.2 Å². The number of ether oxygens (including phenoxy) is 1. The molecule has 4 unspecified atom stereocenters. The molecule has 0 spiro atoms. The van der Waals surface area contributed by atoms with Gasteiger partial charge in [-0.2, -0.15) is 0 Å². The van der Waals surface area contributed by atoms with Crippen LogP contribution in [0.5, 0.6) is 0 Å². The van der Waals surface area contributed by atoms with Gasteiger partial charge in [-0.3, -0.25) is 4.79 Å². The van der Waals surface area contributed by atoms with E-state index in [4.69, 9.17) is 22.1 Å². The minimum Gasteiger partial charge on any atom is -0.450 e. The first-order valence-electron chi connectivity index (χ1n) is 13.8. The van der Waals surface area contributed by atoms with Gasteiger partial charge in [0.15, 0.2) is 0 Å². The van der Waals surface area contributed by atoms with Crippen molar-refractivity contribution in [2.24, 2.45) is 17.6 Å². The molecule has 1 aliphatic carbocycles. The molecular weight excluding hydrogens is 521 g/mol. The minimum absolute atomic E-state index is 0.0183. The van der Waals surface area contributed by atoms with Gasteiger partial charge in [0.1, 0.15) is 5.82 Å². The molecule has 0 aromatic heterocycles. The molecule has 2 aromatic rings. The Morgan fingerprint density at radius 2 is 2.05 bits per heavy atom. The molecule has 1 heterocycles. The summed E-state index contributed by atoms with van der Waals surface area (Å²) in [6.07, 6.45) is 3.85. The molecule has 1 aliphatic heterocycles. The largest absolute Gasteiger partial charge is 0.450 e. The Morgan fingerprint density at radius 3 is 2.74 bits per heavy atom. The summed E-state index contributed by atoms with van der Waals surface area (Å²) in [4.78, 5) is 26.6. The van der Waals surface area contributed by atoms with Gasteiger partial charge >= 0.3 is 6.09 Å². The Bertz CT molecular complexity index is 1170. The highest BCUT2D eigenvalue weighted by Gasteiger charge is 2.44. The van der Waals surface area contributed by atoms with Crippen molar-refractivity contribution in [2.75, 3.05) is 26.7 Å². The number of amides is 2. The average molecular weight is 560 g/mol. The number of hydrogen-bond donors (Lipinski definition) is 3. The van der Waals surface area contributed by atoms with E-state index in [2.05, 4.69) is 5.32 Å². The maximum atomic E-state index is 14.5. The topological polar surface area (TPSA) is 105 Å². The van der Waals surface area contributed by atoms with E-state index in [9.17, 15) is 19.1 Å². The number of primary amides is 1. The highest BCUT2D eigenvalue weighted by Crippen LogP contribution is 2.46. The highest BCUT2D eigenvalue weighted by atomic mass is 35.5. The van der Waals surface area contributed by atoms with Crippen LogP contribution in [-0.4, -0.2) is 54.8 Å². The van der Waals surface area contributed by atoms with Crippen LogP contribution in [0.1, 0.15) is 56.1 Å². The van der Waals surface area contributed by atoms with Gasteiger partial charge in [0.2, 0.25) is 5.91 Å². The number of aryl methyl sites for hydroxylation is 1. The fourth-order valence-corrected chi connectivity index (χ4v) is 6.71. The van der Waals surface area contributed by atoms with Crippen LogP contribution < -0.4 is 11.1 Å². The summed E-state index contributed by atoms with van der Waals surface area (Å²) in [5, 5.41) is 16.2. The molecule has 0 radical (unpaired) electrons. The van der Waals surface area contributed by atoms with Gasteiger partial charge in [-0.15, -0.1) is 0 Å². The monoisotopic (exact) mass is 559 g/mol. The Balaban J connectivity index is 1.69. The van der Waals surface area contributed by atoms with Crippen molar-refractivity contribution in [1.29, 1.82) is 0 Å². The lowest BCUT2D eigenvalue weighted by Gasteiger charge is -2.44. The zero-order valence-electron chi connectivity index (χ0n) is 22.7. The van der Waals surface area contributed by atoms with E-state index in [0.29, 0.717) is 53.7 Å². The molecule has 0 bridgehead atoms. The molecule has 2 aromatic carbocycles. The number of piperidine rings is 1. The van der Waals surface area contributed by atoms with Crippen LogP contribution in [0.25, 0.3) is 11.1 Å². The van der Waals surface area contributed by atoms with Gasteiger partial charge in [-0.05, 0) is 93.8 Å². The SMILES string of the molecule is CNC1CCC(C(=O)N2CCCC(C(O)(CCCOC(N)=O)c3cccc(Cl)c3-c3cc(C)cc(F)c3)C2)C1. The predicted molar refractivity (Wildman–Crippen MR) is 150 cm³/mol. The fourth-order valence-electron chi connectivity index (χ4n) is 6.43. The zero-order valence-corrected chi connectivity index (χ0v) is 23.5. The highest BCUT2D eigenvalue weighted by molar-refractivity contribution is 6.33. The average Bonchev–Trinajstić information content (AvgIpc) is 3.39. The lowest BCUT2D eigenvalue weighted by Crippen LogP contribution is -2.49. The van der Waals surface area contributed by atoms with E-state index in [0.717, 1.165) is 31.2 Å². The molecule has 7 nitrogen and oxygen atoms in total. The molecule has 4 N–H and O–H groups in total. The third kappa shape index (κ3) is 6.73. The van der Waals surface area contributed by atoms with Crippen LogP contribution in [-0.2, 0) is 15.1 Å². The van der Waals surface area contributed by atoms with Gasteiger partial charge in [-0.1, -0.05) is 29.8 Å². The summed E-state index contributed by atoms with van der Waals surface area (Å²) in [5.74, 6) is -0.559. The van der Waals surface area contributed by atoms with Crippen LogP contribution in [0.3, 0.4) is 0 Å². The smallest absolute Gasteiger partial charge is 0.404 e. The number of hydrogen-bond acceptors (Lipinski definition) is 5. The first-order valence-corrected chi connectivity index (χ1v) is 14.2. The number of carbonyl (C=O) groups is 2. The number of aliphatic hydroxyl groups is 1. The third-order valence-electron chi connectivity index (χ3n) is 8.36. The Kier molecular flexibility index (Phi) is 9.51. The maximum Gasteiger partial charge on any atom is 0.404 e. The van der Waals surface area contributed by atoms with Crippen molar-refractivity contribution in [3.8, 4) is 11.1 Å². The van der Waals surface area contributed by atoms with E-state index in [-0.39, 0.29) is 36.6 Å². The van der Waals surface area contributed by atoms with Gasteiger partial charge in [-0.25, -0.2) is 9.18 Å². The van der Waals surface area contributed by atoms with Crippen LogP contribution >= 0.6 is 11.6 Å². The zero-order chi connectivity index (χ0) is 28.2. The summed E-state index contributed by atoms with van der Waals surface area (Å²) < 4.78 is 19.4. The standard InChI is InChI=1S/C30H39ClFN3O4/c1-19-14-21(16-23(32)15-19)27-25(7-3-8-26(27)31)30(38,11-5-13-39-29(33)37)22-6-4-12-35(18-22)28(36)20-9-10-24(17-20)34-2/h3,7-8,14-16,20,22,24,34,38H,4-6,9-13,17-18H2,1-2H3,(H2,33,37). The molecule has 4 rings (SSSR count). The van der Waals surface area contributed by atoms with E-state index < -0.39 is 11.7 Å². The van der Waals surface area contributed by atoms with E-state index in [1.165, 1.54) is 12.1 Å². The van der Waals surface area contributed by atoms with E-state index in [1.807, 2.05) is 31.0 Å². The number of nitrogens with one attached hydrogen (secondary N) is 1. The second-order valence-corrected chi connectivity index (χ2v) is 11.4. The summed E-state index contributed by atoms with van der Waals surface area (Å²) in [7, 11) is 1.93. The van der Waals surface area contributed by atoms with Crippen LogP contribution in [0.4, 0.5) is 9.18 Å². The number of halogens is 2. The molecule has 2 aliphatic rings. The molecule has 1 saturated heterocycles. The Morgan fingerprint density at radius 1 is 1.26 bits per heavy atom. The number of rotatable bonds is 9. The maximum absolute atomic E-state index is 14.5. The molecule has 39 heavy (non-hydrogen) atoms. The second-order valence-electron chi connectivity index (χ2n) is 11.0. The lowest BCUT2D eigenvalue weighted by atomic mass is 9.72. The van der Waals surface area contributed by atoms with Gasteiger partial charge < -0.3 is 25.8 Å². The minimum atomic E-state index is -1.41. The van der Waals surface area contributed by atoms with Crippen molar-refractivity contribution in [1.82, 2.24) is 10.2 Å². The van der Waals surface area contributed by atoms with Crippen molar-refractivity contribution in [3.05, 3.63) is 58.4 Å². The summed E-state index contributed by atoms with van der Waals surface area (Å²) in [6, 6.07) is 10.4. The van der Waals surface area contributed by atoms with E-state index >= 15 is 0 Å².